The van der Waals surface area contributed by atoms with E-state index >= 15 is 0 Å². The summed E-state index contributed by atoms with van der Waals surface area (Å²) in [7, 11) is 1.51. The third-order valence-electron chi connectivity index (χ3n) is 3.95. The summed E-state index contributed by atoms with van der Waals surface area (Å²) in [5, 5.41) is 4.48. The second-order valence-corrected chi connectivity index (χ2v) is 5.81. The van der Waals surface area contributed by atoms with Gasteiger partial charge in [-0.1, -0.05) is 30.3 Å². The van der Waals surface area contributed by atoms with E-state index in [4.69, 9.17) is 4.74 Å². The summed E-state index contributed by atoms with van der Waals surface area (Å²) >= 11 is 0. The van der Waals surface area contributed by atoms with E-state index in [9.17, 15) is 18.4 Å². The van der Waals surface area contributed by atoms with Crippen LogP contribution in [0.2, 0.25) is 0 Å². The van der Waals surface area contributed by atoms with Crippen molar-refractivity contribution in [1.29, 1.82) is 0 Å². The highest BCUT2D eigenvalue weighted by Gasteiger charge is 2.16. The van der Waals surface area contributed by atoms with Gasteiger partial charge in [-0.15, -0.1) is 0 Å². The number of carbonyl (C=O) groups excluding carboxylic acids is 2. The Labute approximate surface area is 160 Å². The summed E-state index contributed by atoms with van der Waals surface area (Å²) in [5.74, 6) is -2.33. The Morgan fingerprint density at radius 2 is 1.68 bits per heavy atom. The molecular weight excluding hydrogens is 366 g/mol. The van der Waals surface area contributed by atoms with Crippen LogP contribution in [-0.4, -0.2) is 19.0 Å². The van der Waals surface area contributed by atoms with Gasteiger partial charge in [0.2, 0.25) is 0 Å². The Balaban J connectivity index is 1.72. The predicted molar refractivity (Wildman–Crippen MR) is 101 cm³/mol. The summed E-state index contributed by atoms with van der Waals surface area (Å²) < 4.78 is 31.9. The molecule has 7 heteroatoms. The molecule has 0 saturated heterocycles. The van der Waals surface area contributed by atoms with Crippen LogP contribution in [0.5, 0.6) is 5.75 Å². The van der Waals surface area contributed by atoms with Crippen molar-refractivity contribution in [1.82, 2.24) is 5.32 Å². The zero-order valence-electron chi connectivity index (χ0n) is 14.8. The van der Waals surface area contributed by atoms with Gasteiger partial charge in [-0.3, -0.25) is 10.1 Å². The molecule has 0 heterocycles. The fraction of sp³-hybridized carbons (Fsp3) is 0.0476. The molecule has 0 unspecified atom stereocenters. The SMILES string of the molecule is COc1cc(NC(=O)NC(=O)c2ccc(F)cc2F)ccc1-c1ccccc1. The zero-order valence-corrected chi connectivity index (χ0v) is 14.8. The molecule has 0 aliphatic heterocycles. The number of carbonyl (C=O) groups is 2. The second-order valence-electron chi connectivity index (χ2n) is 5.81. The third-order valence-corrected chi connectivity index (χ3v) is 3.95. The normalized spacial score (nSPS) is 10.2. The van der Waals surface area contributed by atoms with Gasteiger partial charge in [0.05, 0.1) is 12.7 Å². The smallest absolute Gasteiger partial charge is 0.326 e. The van der Waals surface area contributed by atoms with Crippen LogP contribution in [0, 0.1) is 11.6 Å². The molecule has 0 saturated carbocycles. The van der Waals surface area contributed by atoms with Crippen LogP contribution in [0.1, 0.15) is 10.4 Å². The molecule has 3 aromatic rings. The van der Waals surface area contributed by atoms with Gasteiger partial charge >= 0.3 is 6.03 Å². The summed E-state index contributed by atoms with van der Waals surface area (Å²) in [4.78, 5) is 24.0. The number of rotatable bonds is 4. The second kappa shape index (κ2) is 8.30. The summed E-state index contributed by atoms with van der Waals surface area (Å²) in [6.45, 7) is 0. The van der Waals surface area contributed by atoms with E-state index in [1.165, 1.54) is 7.11 Å². The van der Waals surface area contributed by atoms with Crippen molar-refractivity contribution in [2.75, 3.05) is 12.4 Å². The van der Waals surface area contributed by atoms with Crippen LogP contribution < -0.4 is 15.4 Å². The Morgan fingerprint density at radius 1 is 0.929 bits per heavy atom. The molecule has 3 amide bonds. The standard InChI is InChI=1S/C21H16F2N2O3/c1-28-19-12-15(8-10-16(19)13-5-3-2-4-6-13)24-21(27)25-20(26)17-9-7-14(22)11-18(17)23/h2-12H,1H3,(H2,24,25,26,27). The van der Waals surface area contributed by atoms with Gasteiger partial charge in [0, 0.05) is 23.4 Å². The lowest BCUT2D eigenvalue weighted by Crippen LogP contribution is -2.34. The van der Waals surface area contributed by atoms with Crippen molar-refractivity contribution in [2.45, 2.75) is 0 Å². The highest BCUT2D eigenvalue weighted by atomic mass is 19.1. The van der Waals surface area contributed by atoms with Crippen molar-refractivity contribution in [3.05, 3.63) is 83.9 Å². The number of ether oxygens (including phenoxy) is 1. The molecule has 0 spiro atoms. The number of imide groups is 1. The summed E-state index contributed by atoms with van der Waals surface area (Å²) in [6, 6.07) is 16.2. The number of hydrogen-bond donors (Lipinski definition) is 2. The Morgan fingerprint density at radius 3 is 2.36 bits per heavy atom. The molecule has 142 valence electrons. The van der Waals surface area contributed by atoms with Crippen LogP contribution in [-0.2, 0) is 0 Å². The van der Waals surface area contributed by atoms with E-state index in [1.807, 2.05) is 35.6 Å². The van der Waals surface area contributed by atoms with E-state index in [0.29, 0.717) is 17.5 Å². The molecule has 0 radical (unpaired) electrons. The quantitative estimate of drug-likeness (QED) is 0.693. The van der Waals surface area contributed by atoms with E-state index < -0.39 is 29.1 Å². The van der Waals surface area contributed by atoms with Crippen LogP contribution in [0.4, 0.5) is 19.3 Å². The maximum atomic E-state index is 13.6. The molecule has 2 N–H and O–H groups in total. The lowest BCUT2D eigenvalue weighted by Gasteiger charge is -2.12. The maximum absolute atomic E-state index is 13.6. The average molecular weight is 382 g/mol. The number of hydrogen-bond acceptors (Lipinski definition) is 3. The van der Waals surface area contributed by atoms with Gasteiger partial charge in [-0.2, -0.15) is 0 Å². The highest BCUT2D eigenvalue weighted by Crippen LogP contribution is 2.32. The van der Waals surface area contributed by atoms with Crippen molar-refractivity contribution < 1.29 is 23.1 Å². The van der Waals surface area contributed by atoms with Crippen molar-refractivity contribution in [3.8, 4) is 16.9 Å². The average Bonchev–Trinajstić information content (AvgIpc) is 2.68. The topological polar surface area (TPSA) is 67.4 Å². The van der Waals surface area contributed by atoms with Crippen molar-refractivity contribution in [3.63, 3.8) is 0 Å². The van der Waals surface area contributed by atoms with Crippen LogP contribution >= 0.6 is 0 Å². The number of nitrogens with one attached hydrogen (secondary N) is 2. The first-order valence-electron chi connectivity index (χ1n) is 8.29. The minimum atomic E-state index is -1.06. The number of amides is 3. The largest absolute Gasteiger partial charge is 0.496 e. The molecule has 0 aromatic heterocycles. The minimum absolute atomic E-state index is 0.376. The number of halogens is 2. The monoisotopic (exact) mass is 382 g/mol. The lowest BCUT2D eigenvalue weighted by atomic mass is 10.0. The lowest BCUT2D eigenvalue weighted by molar-refractivity contribution is 0.0963. The number of benzene rings is 3. The fourth-order valence-electron chi connectivity index (χ4n) is 2.63. The Hall–Kier alpha value is -3.74. The number of methoxy groups -OCH3 is 1. The van der Waals surface area contributed by atoms with Crippen molar-refractivity contribution >= 4 is 17.6 Å². The zero-order chi connectivity index (χ0) is 20.1. The van der Waals surface area contributed by atoms with Gasteiger partial charge < -0.3 is 10.1 Å². The van der Waals surface area contributed by atoms with Gasteiger partial charge in [0.25, 0.3) is 5.91 Å². The van der Waals surface area contributed by atoms with Gasteiger partial charge in [-0.05, 0) is 29.8 Å². The summed E-state index contributed by atoms with van der Waals surface area (Å²) in [6.07, 6.45) is 0. The molecule has 0 fully saturated rings. The molecule has 0 bridgehead atoms. The summed E-state index contributed by atoms with van der Waals surface area (Å²) in [5.41, 5.74) is 1.71. The predicted octanol–water partition coefficient (Wildman–Crippen LogP) is 4.60. The highest BCUT2D eigenvalue weighted by molar-refractivity contribution is 6.08. The third kappa shape index (κ3) is 4.32. The van der Waals surface area contributed by atoms with Gasteiger partial charge in [0.1, 0.15) is 17.4 Å². The minimum Gasteiger partial charge on any atom is -0.496 e. The molecule has 0 atom stereocenters. The van der Waals surface area contributed by atoms with Crippen LogP contribution in [0.3, 0.4) is 0 Å². The number of urea groups is 1. The molecule has 5 nitrogen and oxygen atoms in total. The molecule has 0 aliphatic carbocycles. The first-order valence-corrected chi connectivity index (χ1v) is 8.29. The van der Waals surface area contributed by atoms with Crippen molar-refractivity contribution in [2.24, 2.45) is 0 Å². The first kappa shape index (κ1) is 19.0. The molecule has 0 aliphatic rings. The maximum Gasteiger partial charge on any atom is 0.326 e. The Bertz CT molecular complexity index is 1020. The Kier molecular flexibility index (Phi) is 5.64. The van der Waals surface area contributed by atoms with Crippen LogP contribution in [0.25, 0.3) is 11.1 Å². The molecule has 3 rings (SSSR count). The van der Waals surface area contributed by atoms with E-state index in [2.05, 4.69) is 5.32 Å². The van der Waals surface area contributed by atoms with Gasteiger partial charge in [-0.25, -0.2) is 13.6 Å². The van der Waals surface area contributed by atoms with Crippen LogP contribution in [0.15, 0.2) is 66.7 Å². The molecular formula is C21H16F2N2O3. The number of anilines is 1. The van der Waals surface area contributed by atoms with E-state index in [1.54, 1.807) is 18.2 Å². The fourth-order valence-corrected chi connectivity index (χ4v) is 2.63. The van der Waals surface area contributed by atoms with E-state index in [-0.39, 0.29) is 0 Å². The molecule has 28 heavy (non-hydrogen) atoms. The molecule has 3 aromatic carbocycles. The van der Waals surface area contributed by atoms with Gasteiger partial charge in [0.15, 0.2) is 0 Å². The first-order chi connectivity index (χ1) is 13.5. The van der Waals surface area contributed by atoms with E-state index in [0.717, 1.165) is 23.3 Å².